The summed E-state index contributed by atoms with van der Waals surface area (Å²) in [5.74, 6) is 0.986. The molecule has 100 valence electrons. The Balaban J connectivity index is 1.79. The van der Waals surface area contributed by atoms with Crippen molar-refractivity contribution in [3.63, 3.8) is 0 Å². The number of nitrogens with two attached hydrogens (primary N) is 1. The molecule has 3 heteroatoms. The summed E-state index contributed by atoms with van der Waals surface area (Å²) in [7, 11) is 1.73. The number of methoxy groups -OCH3 is 1. The predicted octanol–water partition coefficient (Wildman–Crippen LogP) is 2.76. The van der Waals surface area contributed by atoms with Crippen LogP contribution in [0.25, 0.3) is 0 Å². The lowest BCUT2D eigenvalue weighted by atomic mass is 10.1. The second kappa shape index (κ2) is 7.31. The highest BCUT2D eigenvalue weighted by Gasteiger charge is 2.02. The molecule has 0 saturated heterocycles. The number of para-hydroxylation sites is 1. The molecule has 0 aliphatic heterocycles. The van der Waals surface area contributed by atoms with Crippen molar-refractivity contribution in [2.75, 3.05) is 13.7 Å². The largest absolute Gasteiger partial charge is 0.496 e. The average molecular weight is 321 g/mol. The fourth-order valence-corrected chi connectivity index (χ4v) is 2.32. The molecule has 19 heavy (non-hydrogen) atoms. The van der Waals surface area contributed by atoms with E-state index in [1.165, 1.54) is 11.1 Å². The highest BCUT2D eigenvalue weighted by atomic mass is 79.9. The summed E-state index contributed by atoms with van der Waals surface area (Å²) in [5.41, 5.74) is 2.63. The van der Waals surface area contributed by atoms with Gasteiger partial charge in [-0.25, -0.2) is 0 Å². The van der Waals surface area contributed by atoms with Gasteiger partial charge in [0.25, 0.3) is 0 Å². The Hall–Kier alpha value is -1.32. The Labute approximate surface area is 122 Å². The Morgan fingerprint density at radius 3 is 2.53 bits per heavy atom. The number of quaternary nitrogens is 1. The van der Waals surface area contributed by atoms with Gasteiger partial charge in [-0.1, -0.05) is 46.3 Å². The van der Waals surface area contributed by atoms with Crippen LogP contribution in [0.4, 0.5) is 0 Å². The van der Waals surface area contributed by atoms with E-state index in [2.05, 4.69) is 57.6 Å². The van der Waals surface area contributed by atoms with Crippen LogP contribution in [-0.4, -0.2) is 13.7 Å². The van der Waals surface area contributed by atoms with Gasteiger partial charge < -0.3 is 10.1 Å². The zero-order valence-electron chi connectivity index (χ0n) is 11.1. The van der Waals surface area contributed by atoms with E-state index in [9.17, 15) is 0 Å². The second-order valence-electron chi connectivity index (χ2n) is 4.47. The third-order valence-electron chi connectivity index (χ3n) is 3.10. The fourth-order valence-electron chi connectivity index (χ4n) is 2.06. The number of ether oxygens (including phenoxy) is 1. The maximum absolute atomic E-state index is 5.35. The first-order valence-electron chi connectivity index (χ1n) is 6.47. The van der Waals surface area contributed by atoms with Crippen molar-refractivity contribution in [3.8, 4) is 5.75 Å². The zero-order valence-corrected chi connectivity index (χ0v) is 12.7. The first-order valence-corrected chi connectivity index (χ1v) is 7.27. The van der Waals surface area contributed by atoms with E-state index >= 15 is 0 Å². The average Bonchev–Trinajstić information content (AvgIpc) is 2.46. The Bertz CT molecular complexity index is 510. The SMILES string of the molecule is COc1ccccc1CC[NH2+]Cc1ccc(Br)cc1. The number of halogens is 1. The third kappa shape index (κ3) is 4.37. The van der Waals surface area contributed by atoms with Crippen LogP contribution in [-0.2, 0) is 13.0 Å². The molecular formula is C16H19BrNO+. The van der Waals surface area contributed by atoms with Gasteiger partial charge >= 0.3 is 0 Å². The molecule has 2 N–H and O–H groups in total. The van der Waals surface area contributed by atoms with Crippen molar-refractivity contribution in [3.05, 3.63) is 64.1 Å². The molecule has 0 unspecified atom stereocenters. The first kappa shape index (κ1) is 14.1. The minimum absolute atomic E-state index is 0.986. The lowest BCUT2D eigenvalue weighted by molar-refractivity contribution is -0.670. The van der Waals surface area contributed by atoms with Gasteiger partial charge in [0.15, 0.2) is 0 Å². The van der Waals surface area contributed by atoms with Gasteiger partial charge in [0.05, 0.1) is 13.7 Å². The molecule has 0 heterocycles. The Kier molecular flexibility index (Phi) is 5.43. The lowest BCUT2D eigenvalue weighted by Crippen LogP contribution is -2.83. The molecule has 0 atom stereocenters. The Morgan fingerprint density at radius 1 is 1.05 bits per heavy atom. The molecule has 2 aromatic carbocycles. The van der Waals surface area contributed by atoms with Gasteiger partial charge in [-0.3, -0.25) is 0 Å². The zero-order chi connectivity index (χ0) is 13.5. The van der Waals surface area contributed by atoms with Crippen LogP contribution >= 0.6 is 15.9 Å². The lowest BCUT2D eigenvalue weighted by Gasteiger charge is -2.07. The summed E-state index contributed by atoms with van der Waals surface area (Å²) in [4.78, 5) is 0. The second-order valence-corrected chi connectivity index (χ2v) is 5.39. The standard InChI is InChI=1S/C16H18BrNO/c1-19-16-5-3-2-4-14(16)10-11-18-12-13-6-8-15(17)9-7-13/h2-9,18H,10-12H2,1H3/p+1. The van der Waals surface area contributed by atoms with E-state index in [4.69, 9.17) is 4.74 Å². The molecule has 0 aromatic heterocycles. The van der Waals surface area contributed by atoms with Crippen molar-refractivity contribution in [1.29, 1.82) is 0 Å². The van der Waals surface area contributed by atoms with Gasteiger partial charge in [-0.2, -0.15) is 0 Å². The van der Waals surface area contributed by atoms with Crippen molar-refractivity contribution in [2.45, 2.75) is 13.0 Å². The van der Waals surface area contributed by atoms with E-state index in [-0.39, 0.29) is 0 Å². The van der Waals surface area contributed by atoms with Crippen molar-refractivity contribution in [1.82, 2.24) is 0 Å². The van der Waals surface area contributed by atoms with Gasteiger partial charge in [-0.15, -0.1) is 0 Å². The highest BCUT2D eigenvalue weighted by molar-refractivity contribution is 9.10. The number of benzene rings is 2. The molecule has 0 bridgehead atoms. The molecule has 0 amide bonds. The number of hydrogen-bond acceptors (Lipinski definition) is 1. The maximum Gasteiger partial charge on any atom is 0.122 e. The summed E-state index contributed by atoms with van der Waals surface area (Å²) in [6.07, 6.45) is 1.03. The molecule has 0 aliphatic carbocycles. The summed E-state index contributed by atoms with van der Waals surface area (Å²) in [5, 5.41) is 2.33. The van der Waals surface area contributed by atoms with Crippen LogP contribution in [0.1, 0.15) is 11.1 Å². The van der Waals surface area contributed by atoms with E-state index in [1.807, 2.05) is 12.1 Å². The quantitative estimate of drug-likeness (QED) is 0.814. The van der Waals surface area contributed by atoms with Crippen molar-refractivity contribution >= 4 is 15.9 Å². The van der Waals surface area contributed by atoms with E-state index in [0.29, 0.717) is 0 Å². The molecule has 0 aliphatic rings. The molecule has 0 fully saturated rings. The molecule has 2 rings (SSSR count). The minimum atomic E-state index is 0.986. The minimum Gasteiger partial charge on any atom is -0.496 e. The highest BCUT2D eigenvalue weighted by Crippen LogP contribution is 2.16. The van der Waals surface area contributed by atoms with Gasteiger partial charge in [0.2, 0.25) is 0 Å². The number of rotatable bonds is 6. The topological polar surface area (TPSA) is 25.8 Å². The molecule has 0 spiro atoms. The smallest absolute Gasteiger partial charge is 0.122 e. The molecule has 0 radical (unpaired) electrons. The van der Waals surface area contributed by atoms with Crippen LogP contribution in [0, 0.1) is 0 Å². The molecular weight excluding hydrogens is 302 g/mol. The summed E-state index contributed by atoms with van der Waals surface area (Å²) in [6, 6.07) is 16.7. The monoisotopic (exact) mass is 320 g/mol. The first-order chi connectivity index (χ1) is 9.29. The molecule has 0 saturated carbocycles. The van der Waals surface area contributed by atoms with Crippen LogP contribution in [0.2, 0.25) is 0 Å². The van der Waals surface area contributed by atoms with Crippen LogP contribution < -0.4 is 10.1 Å². The fraction of sp³-hybridized carbons (Fsp3) is 0.250. The van der Waals surface area contributed by atoms with E-state index < -0.39 is 0 Å². The Morgan fingerprint density at radius 2 is 1.79 bits per heavy atom. The maximum atomic E-state index is 5.35. The van der Waals surface area contributed by atoms with Crippen LogP contribution in [0.5, 0.6) is 5.75 Å². The predicted molar refractivity (Wildman–Crippen MR) is 81.3 cm³/mol. The normalized spacial score (nSPS) is 10.4. The van der Waals surface area contributed by atoms with Crippen LogP contribution in [0.3, 0.4) is 0 Å². The molecule has 2 aromatic rings. The van der Waals surface area contributed by atoms with E-state index in [0.717, 1.165) is 29.7 Å². The summed E-state index contributed by atoms with van der Waals surface area (Å²) in [6.45, 7) is 2.08. The van der Waals surface area contributed by atoms with Crippen molar-refractivity contribution in [2.24, 2.45) is 0 Å². The van der Waals surface area contributed by atoms with Crippen molar-refractivity contribution < 1.29 is 10.1 Å². The van der Waals surface area contributed by atoms with Gasteiger partial charge in [-0.05, 0) is 23.8 Å². The van der Waals surface area contributed by atoms with Gasteiger partial charge in [0.1, 0.15) is 12.3 Å². The third-order valence-corrected chi connectivity index (χ3v) is 3.63. The van der Waals surface area contributed by atoms with Gasteiger partial charge in [0, 0.05) is 16.5 Å². The summed E-state index contributed by atoms with van der Waals surface area (Å²) < 4.78 is 6.48. The van der Waals surface area contributed by atoms with E-state index in [1.54, 1.807) is 7.11 Å². The van der Waals surface area contributed by atoms with Crippen LogP contribution in [0.15, 0.2) is 53.0 Å². The number of hydrogen-bond donors (Lipinski definition) is 1. The molecule has 2 nitrogen and oxygen atoms in total. The summed E-state index contributed by atoms with van der Waals surface area (Å²) >= 11 is 3.45.